The molecule has 0 unspecified atom stereocenters. The number of nitro groups is 1. The number of anilines is 1. The first-order chi connectivity index (χ1) is 18.8. The summed E-state index contributed by atoms with van der Waals surface area (Å²) in [5, 5.41) is 14.1. The van der Waals surface area contributed by atoms with Crippen LogP contribution in [0.3, 0.4) is 0 Å². The normalized spacial score (nSPS) is 12.0. The van der Waals surface area contributed by atoms with Gasteiger partial charge in [0.25, 0.3) is 5.69 Å². The number of nitrogens with zero attached hydrogens (tertiary/aromatic N) is 3. The van der Waals surface area contributed by atoms with Gasteiger partial charge in [0.2, 0.25) is 21.8 Å². The van der Waals surface area contributed by atoms with E-state index in [0.717, 1.165) is 22.2 Å². The van der Waals surface area contributed by atoms with E-state index in [2.05, 4.69) is 5.32 Å². The summed E-state index contributed by atoms with van der Waals surface area (Å²) in [4.78, 5) is 39.3. The number of amides is 2. The molecule has 0 heterocycles. The van der Waals surface area contributed by atoms with E-state index in [0.29, 0.717) is 5.56 Å². The van der Waals surface area contributed by atoms with Gasteiger partial charge in [0, 0.05) is 31.1 Å². The van der Waals surface area contributed by atoms with Crippen LogP contribution in [-0.4, -0.2) is 54.9 Å². The van der Waals surface area contributed by atoms with E-state index in [9.17, 15) is 32.5 Å². The Labute approximate surface area is 232 Å². The van der Waals surface area contributed by atoms with E-state index in [1.807, 2.05) is 18.2 Å². The van der Waals surface area contributed by atoms with Gasteiger partial charge in [0.05, 0.1) is 16.9 Å². The Hall–Kier alpha value is -4.32. The molecule has 10 nitrogen and oxygen atoms in total. The lowest BCUT2D eigenvalue weighted by Crippen LogP contribution is -2.54. The number of hydrogen-bond acceptors (Lipinski definition) is 6. The van der Waals surface area contributed by atoms with Gasteiger partial charge in [-0.25, -0.2) is 12.8 Å². The Bertz CT molecular complexity index is 1450. The number of halogens is 1. The highest BCUT2D eigenvalue weighted by Gasteiger charge is 2.33. The third-order valence-corrected chi connectivity index (χ3v) is 7.12. The Morgan fingerprint density at radius 2 is 1.62 bits per heavy atom. The summed E-state index contributed by atoms with van der Waals surface area (Å²) < 4.78 is 39.9. The van der Waals surface area contributed by atoms with E-state index < -0.39 is 45.2 Å². The summed E-state index contributed by atoms with van der Waals surface area (Å²) in [6.45, 7) is 2.71. The van der Waals surface area contributed by atoms with Crippen molar-refractivity contribution in [3.8, 4) is 0 Å². The molecule has 12 heteroatoms. The topological polar surface area (TPSA) is 130 Å². The predicted octanol–water partition coefficient (Wildman–Crippen LogP) is 3.66. The second kappa shape index (κ2) is 13.2. The largest absolute Gasteiger partial charge is 0.352 e. The average Bonchev–Trinajstić information content (AvgIpc) is 2.89. The zero-order valence-electron chi connectivity index (χ0n) is 22.4. The number of carbonyl (C=O) groups excluding carboxylic acids is 2. The van der Waals surface area contributed by atoms with Gasteiger partial charge >= 0.3 is 0 Å². The molecule has 0 radical (unpaired) electrons. The fourth-order valence-corrected chi connectivity index (χ4v) is 4.94. The van der Waals surface area contributed by atoms with Crippen LogP contribution in [0.5, 0.6) is 0 Å². The summed E-state index contributed by atoms with van der Waals surface area (Å²) in [6.07, 6.45) is 1.01. The molecule has 0 aliphatic carbocycles. The molecule has 0 aliphatic heterocycles. The third kappa shape index (κ3) is 8.34. The molecule has 1 N–H and O–H groups in total. The number of sulfonamides is 1. The van der Waals surface area contributed by atoms with Crippen LogP contribution in [0.1, 0.15) is 25.0 Å². The summed E-state index contributed by atoms with van der Waals surface area (Å²) in [6, 6.07) is 18.1. The third-order valence-electron chi connectivity index (χ3n) is 5.98. The molecule has 2 amide bonds. The predicted molar refractivity (Wildman–Crippen MR) is 149 cm³/mol. The van der Waals surface area contributed by atoms with Crippen LogP contribution in [0.4, 0.5) is 15.8 Å². The molecule has 0 fully saturated rings. The number of carbonyl (C=O) groups is 2. The van der Waals surface area contributed by atoms with Gasteiger partial charge in [-0.05, 0) is 43.2 Å². The van der Waals surface area contributed by atoms with Crippen molar-refractivity contribution < 1.29 is 27.3 Å². The molecule has 0 bridgehead atoms. The van der Waals surface area contributed by atoms with Gasteiger partial charge in [-0.2, -0.15) is 0 Å². The minimum absolute atomic E-state index is 0.0713. The first-order valence-electron chi connectivity index (χ1n) is 12.5. The summed E-state index contributed by atoms with van der Waals surface area (Å²) in [5.41, 5.74) is 0.867. The molecule has 0 aliphatic rings. The van der Waals surface area contributed by atoms with Crippen LogP contribution in [0, 0.1) is 15.9 Å². The van der Waals surface area contributed by atoms with E-state index in [1.54, 1.807) is 26.0 Å². The zero-order valence-corrected chi connectivity index (χ0v) is 23.2. The summed E-state index contributed by atoms with van der Waals surface area (Å²) >= 11 is 0. The van der Waals surface area contributed by atoms with Gasteiger partial charge < -0.3 is 10.2 Å². The van der Waals surface area contributed by atoms with Crippen molar-refractivity contribution in [2.75, 3.05) is 17.1 Å². The molecule has 0 saturated heterocycles. The van der Waals surface area contributed by atoms with Crippen molar-refractivity contribution in [2.45, 2.75) is 38.9 Å². The van der Waals surface area contributed by atoms with Gasteiger partial charge in [-0.3, -0.25) is 24.0 Å². The van der Waals surface area contributed by atoms with Crippen LogP contribution < -0.4 is 9.62 Å². The first-order valence-corrected chi connectivity index (χ1v) is 14.3. The van der Waals surface area contributed by atoms with Crippen LogP contribution in [0.25, 0.3) is 0 Å². The monoisotopic (exact) mass is 570 g/mol. The maximum Gasteiger partial charge on any atom is 0.271 e. The Morgan fingerprint density at radius 3 is 2.20 bits per heavy atom. The second-order valence-corrected chi connectivity index (χ2v) is 11.5. The second-order valence-electron chi connectivity index (χ2n) is 9.56. The van der Waals surface area contributed by atoms with Crippen LogP contribution in [-0.2, 0) is 32.6 Å². The molecule has 0 saturated carbocycles. The van der Waals surface area contributed by atoms with Crippen molar-refractivity contribution in [3.63, 3.8) is 0 Å². The van der Waals surface area contributed by atoms with Crippen molar-refractivity contribution in [3.05, 3.63) is 106 Å². The molecule has 40 heavy (non-hydrogen) atoms. The Balaban J connectivity index is 2.07. The summed E-state index contributed by atoms with van der Waals surface area (Å²) in [7, 11) is -4.08. The molecule has 1 atom stereocenters. The highest BCUT2D eigenvalue weighted by Crippen LogP contribution is 2.24. The molecule has 3 rings (SSSR count). The molecule has 0 spiro atoms. The minimum atomic E-state index is -4.08. The van der Waals surface area contributed by atoms with Crippen molar-refractivity contribution in [1.82, 2.24) is 10.2 Å². The molecular formula is C28H31FN4O6S. The highest BCUT2D eigenvalue weighted by atomic mass is 32.2. The number of non-ortho nitro benzene ring substituents is 1. The van der Waals surface area contributed by atoms with Gasteiger partial charge in [0.1, 0.15) is 18.4 Å². The fraction of sp³-hybridized carbons (Fsp3) is 0.286. The van der Waals surface area contributed by atoms with E-state index in [4.69, 9.17) is 0 Å². The number of hydrogen-bond donors (Lipinski definition) is 1. The van der Waals surface area contributed by atoms with Crippen molar-refractivity contribution in [1.29, 1.82) is 0 Å². The lowest BCUT2D eigenvalue weighted by atomic mass is 10.0. The fourth-order valence-electron chi connectivity index (χ4n) is 4.10. The first kappa shape index (κ1) is 30.2. The standard InChI is InChI=1S/C28H31FN4O6S/c1-20(2)30-28(35)26(16-21-8-5-4-6-9-21)31(18-22-12-14-23(29)15-13-22)27(34)19-32(40(3,38)39)24-10-7-11-25(17-24)33(36)37/h4-15,17,20,26H,16,18-19H2,1-3H3,(H,30,35)/t26-/m1/s1. The van der Waals surface area contributed by atoms with Crippen LogP contribution >= 0.6 is 0 Å². The maximum atomic E-state index is 13.9. The minimum Gasteiger partial charge on any atom is -0.352 e. The average molecular weight is 571 g/mol. The lowest BCUT2D eigenvalue weighted by Gasteiger charge is -2.34. The Kier molecular flexibility index (Phi) is 9.94. The smallest absolute Gasteiger partial charge is 0.271 e. The van der Waals surface area contributed by atoms with E-state index >= 15 is 0 Å². The maximum absolute atomic E-state index is 13.9. The Morgan fingerprint density at radius 1 is 0.975 bits per heavy atom. The van der Waals surface area contributed by atoms with E-state index in [1.165, 1.54) is 47.4 Å². The summed E-state index contributed by atoms with van der Waals surface area (Å²) in [5.74, 6) is -1.65. The molecular weight excluding hydrogens is 539 g/mol. The van der Waals surface area contributed by atoms with Gasteiger partial charge in [0.15, 0.2) is 0 Å². The van der Waals surface area contributed by atoms with Crippen molar-refractivity contribution in [2.24, 2.45) is 0 Å². The SMILES string of the molecule is CC(C)NC(=O)[C@@H](Cc1ccccc1)N(Cc1ccc(F)cc1)C(=O)CN(c1cccc([N+](=O)[O-])c1)S(C)(=O)=O. The zero-order chi connectivity index (χ0) is 29.4. The highest BCUT2D eigenvalue weighted by molar-refractivity contribution is 7.92. The molecule has 3 aromatic carbocycles. The van der Waals surface area contributed by atoms with Crippen LogP contribution in [0.15, 0.2) is 78.9 Å². The molecule has 0 aromatic heterocycles. The van der Waals surface area contributed by atoms with Gasteiger partial charge in [-0.1, -0.05) is 48.5 Å². The van der Waals surface area contributed by atoms with Gasteiger partial charge in [-0.15, -0.1) is 0 Å². The van der Waals surface area contributed by atoms with E-state index in [-0.39, 0.29) is 30.4 Å². The quantitative estimate of drug-likeness (QED) is 0.261. The number of benzene rings is 3. The number of rotatable bonds is 12. The number of nitro benzene ring substituents is 1. The molecule has 3 aromatic rings. The van der Waals surface area contributed by atoms with Crippen molar-refractivity contribution >= 4 is 33.2 Å². The lowest BCUT2D eigenvalue weighted by molar-refractivity contribution is -0.384. The van der Waals surface area contributed by atoms with Crippen LogP contribution in [0.2, 0.25) is 0 Å². The number of nitrogens with one attached hydrogen (secondary N) is 1. The molecule has 212 valence electrons.